The van der Waals surface area contributed by atoms with E-state index in [-0.39, 0.29) is 17.6 Å². The number of thioether (sulfide) groups is 1. The van der Waals surface area contributed by atoms with Crippen molar-refractivity contribution in [3.8, 4) is 0 Å². The predicted octanol–water partition coefficient (Wildman–Crippen LogP) is 6.14. The van der Waals surface area contributed by atoms with Gasteiger partial charge in [0.15, 0.2) is 5.76 Å². The number of anilines is 2. The van der Waals surface area contributed by atoms with E-state index in [0.29, 0.717) is 22.0 Å². The van der Waals surface area contributed by atoms with Crippen molar-refractivity contribution in [1.29, 1.82) is 0 Å². The molecule has 0 fully saturated rings. The van der Waals surface area contributed by atoms with Gasteiger partial charge in [-0.05, 0) is 47.8 Å². The normalized spacial score (nSPS) is 10.5. The third-order valence-electron chi connectivity index (χ3n) is 4.21. The molecule has 0 saturated heterocycles. The third kappa shape index (κ3) is 5.00. The average Bonchev–Trinajstić information content (AvgIpc) is 3.45. The zero-order chi connectivity index (χ0) is 20.8. The number of furan rings is 1. The van der Waals surface area contributed by atoms with E-state index < -0.39 is 0 Å². The van der Waals surface area contributed by atoms with Crippen LogP contribution in [0.4, 0.5) is 11.4 Å². The summed E-state index contributed by atoms with van der Waals surface area (Å²) >= 11 is 3.01. The number of hydrogen-bond acceptors (Lipinski definition) is 5. The maximum atomic E-state index is 12.7. The predicted molar refractivity (Wildman–Crippen MR) is 121 cm³/mol. The van der Waals surface area contributed by atoms with Gasteiger partial charge in [0.05, 0.1) is 11.1 Å². The Balaban J connectivity index is 1.41. The molecule has 30 heavy (non-hydrogen) atoms. The van der Waals surface area contributed by atoms with Crippen molar-refractivity contribution in [2.45, 2.75) is 10.6 Å². The van der Waals surface area contributed by atoms with Crippen LogP contribution in [0.1, 0.15) is 25.8 Å². The largest absolute Gasteiger partial charge is 0.459 e. The van der Waals surface area contributed by atoms with E-state index in [4.69, 9.17) is 4.42 Å². The molecule has 2 aromatic heterocycles. The van der Waals surface area contributed by atoms with Crippen molar-refractivity contribution in [3.05, 3.63) is 101 Å². The van der Waals surface area contributed by atoms with E-state index in [1.54, 1.807) is 42.1 Å². The van der Waals surface area contributed by atoms with Crippen molar-refractivity contribution in [2.75, 3.05) is 10.6 Å². The number of thiophene rings is 1. The van der Waals surface area contributed by atoms with Crippen molar-refractivity contribution in [1.82, 2.24) is 0 Å². The summed E-state index contributed by atoms with van der Waals surface area (Å²) in [6.07, 6.45) is 1.52. The minimum atomic E-state index is -0.328. The minimum absolute atomic E-state index is 0.181. The van der Waals surface area contributed by atoms with Crippen LogP contribution < -0.4 is 10.6 Å². The number of nitrogens with one attached hydrogen (secondary N) is 2. The fraction of sp³-hybridized carbons (Fsp3) is 0.0435. The van der Waals surface area contributed by atoms with Gasteiger partial charge in [0.2, 0.25) is 0 Å². The summed E-state index contributed by atoms with van der Waals surface area (Å²) in [5, 5.41) is 7.53. The second-order valence-electron chi connectivity index (χ2n) is 6.34. The standard InChI is InChI=1S/C23H18N2O3S2/c26-22(20-10-5-13-29-20)24-17-6-4-7-18(14-17)25-23(27)21-16(11-12-28-21)15-30-19-8-2-1-3-9-19/h1-14H,15H2,(H,24,26)(H,25,27). The highest BCUT2D eigenvalue weighted by molar-refractivity contribution is 7.98. The van der Waals surface area contributed by atoms with E-state index in [2.05, 4.69) is 10.6 Å². The van der Waals surface area contributed by atoms with Crippen LogP contribution in [0, 0.1) is 0 Å². The Morgan fingerprint density at radius 2 is 1.63 bits per heavy atom. The first-order chi connectivity index (χ1) is 14.7. The first kappa shape index (κ1) is 20.0. The fourth-order valence-corrected chi connectivity index (χ4v) is 4.31. The first-order valence-corrected chi connectivity index (χ1v) is 11.1. The lowest BCUT2D eigenvalue weighted by Gasteiger charge is -2.08. The molecule has 2 heterocycles. The summed E-state index contributed by atoms with van der Waals surface area (Å²) in [5.74, 6) is 0.400. The fourth-order valence-electron chi connectivity index (χ4n) is 2.79. The van der Waals surface area contributed by atoms with Crippen LogP contribution in [0.3, 0.4) is 0 Å². The lowest BCUT2D eigenvalue weighted by Crippen LogP contribution is -2.14. The summed E-state index contributed by atoms with van der Waals surface area (Å²) in [6, 6.07) is 22.4. The van der Waals surface area contributed by atoms with Crippen molar-refractivity contribution < 1.29 is 14.0 Å². The summed E-state index contributed by atoms with van der Waals surface area (Å²) in [6.45, 7) is 0. The number of amides is 2. The van der Waals surface area contributed by atoms with Crippen LogP contribution in [0.5, 0.6) is 0 Å². The van der Waals surface area contributed by atoms with E-state index in [9.17, 15) is 9.59 Å². The van der Waals surface area contributed by atoms with E-state index in [0.717, 1.165) is 10.5 Å². The molecular weight excluding hydrogens is 416 g/mol. The Bertz CT molecular complexity index is 1140. The summed E-state index contributed by atoms with van der Waals surface area (Å²) in [4.78, 5) is 26.7. The number of hydrogen-bond donors (Lipinski definition) is 2. The number of rotatable bonds is 7. The van der Waals surface area contributed by atoms with E-state index in [1.165, 1.54) is 17.6 Å². The molecule has 2 N–H and O–H groups in total. The third-order valence-corrected chi connectivity index (χ3v) is 6.14. The Kier molecular flexibility index (Phi) is 6.32. The van der Waals surface area contributed by atoms with Crippen LogP contribution in [0.25, 0.3) is 0 Å². The SMILES string of the molecule is O=C(Nc1cccc(NC(=O)c2occc2CSc2ccccc2)c1)c1cccs1. The second-order valence-corrected chi connectivity index (χ2v) is 8.34. The van der Waals surface area contributed by atoms with Crippen LogP contribution >= 0.6 is 23.1 Å². The summed E-state index contributed by atoms with van der Waals surface area (Å²) in [5.41, 5.74) is 2.00. The van der Waals surface area contributed by atoms with Crippen molar-refractivity contribution in [3.63, 3.8) is 0 Å². The zero-order valence-corrected chi connectivity index (χ0v) is 17.5. The quantitative estimate of drug-likeness (QED) is 0.343. The highest BCUT2D eigenvalue weighted by Crippen LogP contribution is 2.26. The molecule has 2 aromatic carbocycles. The molecule has 0 radical (unpaired) electrons. The topological polar surface area (TPSA) is 71.3 Å². The molecule has 4 rings (SSSR count). The highest BCUT2D eigenvalue weighted by Gasteiger charge is 2.16. The average molecular weight is 435 g/mol. The summed E-state index contributed by atoms with van der Waals surface area (Å²) < 4.78 is 5.44. The maximum absolute atomic E-state index is 12.7. The number of carbonyl (C=O) groups is 2. The highest BCUT2D eigenvalue weighted by atomic mass is 32.2. The molecule has 4 aromatic rings. The van der Waals surface area contributed by atoms with Gasteiger partial charge in [-0.1, -0.05) is 30.3 Å². The van der Waals surface area contributed by atoms with Gasteiger partial charge < -0.3 is 15.1 Å². The van der Waals surface area contributed by atoms with Gasteiger partial charge in [0.25, 0.3) is 11.8 Å². The van der Waals surface area contributed by atoms with Gasteiger partial charge in [-0.15, -0.1) is 23.1 Å². The molecule has 7 heteroatoms. The Morgan fingerprint density at radius 3 is 2.37 bits per heavy atom. The molecule has 0 atom stereocenters. The minimum Gasteiger partial charge on any atom is -0.459 e. The van der Waals surface area contributed by atoms with Crippen LogP contribution in [0.15, 0.2) is 93.8 Å². The van der Waals surface area contributed by atoms with Crippen molar-refractivity contribution in [2.24, 2.45) is 0 Å². The molecule has 5 nitrogen and oxygen atoms in total. The summed E-state index contributed by atoms with van der Waals surface area (Å²) in [7, 11) is 0. The molecule has 150 valence electrons. The lowest BCUT2D eigenvalue weighted by atomic mass is 10.2. The van der Waals surface area contributed by atoms with Gasteiger partial charge in [0, 0.05) is 27.6 Å². The van der Waals surface area contributed by atoms with Gasteiger partial charge in [0.1, 0.15) is 0 Å². The number of benzene rings is 2. The zero-order valence-electron chi connectivity index (χ0n) is 15.8. The van der Waals surface area contributed by atoms with Crippen molar-refractivity contribution >= 4 is 46.3 Å². The van der Waals surface area contributed by atoms with Crippen LogP contribution in [-0.2, 0) is 5.75 Å². The van der Waals surface area contributed by atoms with Gasteiger partial charge >= 0.3 is 0 Å². The molecular formula is C23H18N2O3S2. The molecule has 2 amide bonds. The maximum Gasteiger partial charge on any atom is 0.291 e. The van der Waals surface area contributed by atoms with Crippen LogP contribution in [-0.4, -0.2) is 11.8 Å². The van der Waals surface area contributed by atoms with E-state index in [1.807, 2.05) is 47.8 Å². The van der Waals surface area contributed by atoms with E-state index >= 15 is 0 Å². The molecule has 0 bridgehead atoms. The molecule has 0 unspecified atom stereocenters. The molecule has 0 aliphatic rings. The van der Waals surface area contributed by atoms with Crippen LogP contribution in [0.2, 0.25) is 0 Å². The smallest absolute Gasteiger partial charge is 0.291 e. The molecule has 0 spiro atoms. The second kappa shape index (κ2) is 9.47. The first-order valence-electron chi connectivity index (χ1n) is 9.19. The van der Waals surface area contributed by atoms with Gasteiger partial charge in [-0.25, -0.2) is 0 Å². The molecule has 0 saturated carbocycles. The Morgan fingerprint density at radius 1 is 0.867 bits per heavy atom. The monoisotopic (exact) mass is 434 g/mol. The Hall–Kier alpha value is -3.29. The lowest BCUT2D eigenvalue weighted by molar-refractivity contribution is 0.0994. The van der Waals surface area contributed by atoms with Gasteiger partial charge in [-0.2, -0.15) is 0 Å². The molecule has 0 aliphatic carbocycles. The Labute approximate surface area is 182 Å². The van der Waals surface area contributed by atoms with Gasteiger partial charge in [-0.3, -0.25) is 9.59 Å². The number of carbonyl (C=O) groups excluding carboxylic acids is 2. The molecule has 0 aliphatic heterocycles.